The van der Waals surface area contributed by atoms with Crippen molar-refractivity contribution in [3.63, 3.8) is 0 Å². The van der Waals surface area contributed by atoms with E-state index >= 15 is 0 Å². The van der Waals surface area contributed by atoms with E-state index < -0.39 is 5.91 Å². The van der Waals surface area contributed by atoms with Crippen molar-refractivity contribution in [3.8, 4) is 0 Å². The van der Waals surface area contributed by atoms with Gasteiger partial charge in [0.25, 0.3) is 0 Å². The van der Waals surface area contributed by atoms with Crippen LogP contribution in [0, 0.1) is 0 Å². The number of hydrogen-bond acceptors (Lipinski definition) is 7. The lowest BCUT2D eigenvalue weighted by Crippen LogP contribution is -2.41. The van der Waals surface area contributed by atoms with Gasteiger partial charge >= 0.3 is 0 Å². The first kappa shape index (κ1) is 25.3. The molecule has 2 aromatic heterocycles. The molecule has 4 rings (SSSR count). The molecule has 11 nitrogen and oxygen atoms in total. The highest BCUT2D eigenvalue weighted by molar-refractivity contribution is 6.29. The summed E-state index contributed by atoms with van der Waals surface area (Å²) in [4.78, 5) is 55.5. The molecule has 3 aromatic rings. The highest BCUT2D eigenvalue weighted by Gasteiger charge is 2.34. The molecule has 188 valence electrons. The molecule has 0 unspecified atom stereocenters. The Morgan fingerprint density at radius 3 is 2.58 bits per heavy atom. The van der Waals surface area contributed by atoms with E-state index in [4.69, 9.17) is 17.3 Å². The molecule has 0 spiro atoms. The molecule has 1 aliphatic rings. The van der Waals surface area contributed by atoms with Crippen LogP contribution in [-0.4, -0.2) is 62.3 Å². The summed E-state index contributed by atoms with van der Waals surface area (Å²) >= 11 is 5.87. The number of hydrogen-bond donors (Lipinski definition) is 3. The van der Waals surface area contributed by atoms with E-state index in [2.05, 4.69) is 20.7 Å². The number of nitrogens with one attached hydrogen (secondary N) is 2. The number of aromatic nitrogens is 3. The third kappa shape index (κ3) is 6.04. The van der Waals surface area contributed by atoms with Gasteiger partial charge in [-0.25, -0.2) is 4.98 Å². The molecule has 36 heavy (non-hydrogen) atoms. The summed E-state index contributed by atoms with van der Waals surface area (Å²) in [5.74, 6) is -0.905. The molecule has 1 aliphatic carbocycles. The van der Waals surface area contributed by atoms with Crippen LogP contribution in [0.4, 0.5) is 11.5 Å². The Labute approximate surface area is 212 Å². The molecular formula is C24H26ClN7O4. The van der Waals surface area contributed by atoms with Gasteiger partial charge in [-0.05, 0) is 43.2 Å². The van der Waals surface area contributed by atoms with Crippen LogP contribution in [0.5, 0.6) is 0 Å². The van der Waals surface area contributed by atoms with E-state index in [-0.39, 0.29) is 60.5 Å². The Kier molecular flexibility index (Phi) is 7.61. The maximum Gasteiger partial charge on any atom is 0.245 e. The number of nitrogens with zero attached hydrogens (tertiary/aromatic N) is 4. The van der Waals surface area contributed by atoms with Gasteiger partial charge < -0.3 is 21.3 Å². The molecule has 1 aromatic carbocycles. The molecule has 1 fully saturated rings. The highest BCUT2D eigenvalue weighted by atomic mass is 35.5. The number of carbonyl (C=O) groups is 4. The summed E-state index contributed by atoms with van der Waals surface area (Å²) in [5, 5.41) is 10.5. The topological polar surface area (TPSA) is 152 Å². The third-order valence-electron chi connectivity index (χ3n) is 5.63. The Morgan fingerprint density at radius 1 is 1.14 bits per heavy atom. The van der Waals surface area contributed by atoms with E-state index in [0.717, 1.165) is 12.8 Å². The largest absolute Gasteiger partial charge is 0.330 e. The van der Waals surface area contributed by atoms with Crippen LogP contribution >= 0.6 is 11.6 Å². The summed E-state index contributed by atoms with van der Waals surface area (Å²) in [6.07, 6.45) is 1.78. The lowest BCUT2D eigenvalue weighted by atomic mass is 10.1. The average Bonchev–Trinajstić information content (AvgIpc) is 3.59. The smallest absolute Gasteiger partial charge is 0.245 e. The number of nitrogens with two attached hydrogens (primary N) is 1. The fourth-order valence-electron chi connectivity index (χ4n) is 3.83. The van der Waals surface area contributed by atoms with Crippen LogP contribution in [0.15, 0.2) is 36.4 Å². The molecule has 1 saturated carbocycles. The van der Waals surface area contributed by atoms with Crippen LogP contribution in [0.1, 0.15) is 36.7 Å². The molecule has 0 atom stereocenters. The summed E-state index contributed by atoms with van der Waals surface area (Å²) in [6, 6.07) is 9.86. The summed E-state index contributed by atoms with van der Waals surface area (Å²) in [7, 11) is 0. The number of halogens is 1. The van der Waals surface area contributed by atoms with Gasteiger partial charge in [0.15, 0.2) is 5.78 Å². The number of carbonyl (C=O) groups excluding carboxylic acids is 4. The second-order valence-electron chi connectivity index (χ2n) is 8.53. The van der Waals surface area contributed by atoms with Crippen molar-refractivity contribution in [1.82, 2.24) is 19.7 Å². The maximum atomic E-state index is 13.2. The number of anilines is 2. The number of pyridine rings is 1. The minimum absolute atomic E-state index is 0.0333. The van der Waals surface area contributed by atoms with E-state index in [1.54, 1.807) is 36.4 Å². The molecular weight excluding hydrogens is 486 g/mol. The monoisotopic (exact) mass is 511 g/mol. The fourth-order valence-corrected chi connectivity index (χ4v) is 4.00. The first-order valence-corrected chi connectivity index (χ1v) is 11.9. The molecule has 3 amide bonds. The SMILES string of the molecule is CC(=O)c1nn(CC(=O)N(CC(=O)Nc2cccc(Cl)n2)C2CC2)c2ccc(NC(=O)CCN)cc12. The minimum Gasteiger partial charge on any atom is -0.330 e. The highest BCUT2D eigenvalue weighted by Crippen LogP contribution is 2.28. The Bertz CT molecular complexity index is 1340. The first-order valence-electron chi connectivity index (χ1n) is 11.5. The van der Waals surface area contributed by atoms with Crippen molar-refractivity contribution in [1.29, 1.82) is 0 Å². The van der Waals surface area contributed by atoms with E-state index in [9.17, 15) is 19.2 Å². The number of fused-ring (bicyclic) bond motifs is 1. The Morgan fingerprint density at radius 2 is 1.92 bits per heavy atom. The van der Waals surface area contributed by atoms with Crippen LogP contribution in [0.3, 0.4) is 0 Å². The molecule has 12 heteroatoms. The average molecular weight is 512 g/mol. The Balaban J connectivity index is 1.52. The summed E-state index contributed by atoms with van der Waals surface area (Å²) in [6.45, 7) is 1.31. The molecule has 4 N–H and O–H groups in total. The van der Waals surface area contributed by atoms with Gasteiger partial charge in [-0.2, -0.15) is 5.10 Å². The standard InChI is InChI=1S/C24H26ClN7O4/c1-14(33)24-17-11-15(27-21(34)9-10-26)5-8-18(17)32(30-24)13-23(36)31(16-6-7-16)12-22(35)29-20-4-2-3-19(25)28-20/h2-5,8,11,16H,6-7,9-10,12-13,26H2,1H3,(H,27,34)(H,28,29,35). The molecule has 2 heterocycles. The number of benzene rings is 1. The number of Topliss-reactive ketones (excluding diaryl/α,β-unsaturated/α-hetero) is 1. The van der Waals surface area contributed by atoms with Gasteiger partial charge in [-0.3, -0.25) is 23.9 Å². The first-order chi connectivity index (χ1) is 17.2. The predicted octanol–water partition coefficient (Wildman–Crippen LogP) is 2.20. The van der Waals surface area contributed by atoms with Crippen molar-refractivity contribution < 1.29 is 19.2 Å². The number of rotatable bonds is 10. The lowest BCUT2D eigenvalue weighted by Gasteiger charge is -2.22. The van der Waals surface area contributed by atoms with Gasteiger partial charge in [-0.15, -0.1) is 0 Å². The second-order valence-corrected chi connectivity index (χ2v) is 8.92. The third-order valence-corrected chi connectivity index (χ3v) is 5.84. The predicted molar refractivity (Wildman–Crippen MR) is 135 cm³/mol. The second kappa shape index (κ2) is 10.8. The van der Waals surface area contributed by atoms with Crippen LogP contribution in [0.25, 0.3) is 10.9 Å². The van der Waals surface area contributed by atoms with E-state index in [0.29, 0.717) is 22.4 Å². The van der Waals surface area contributed by atoms with Crippen molar-refractivity contribution >= 4 is 57.5 Å². The van der Waals surface area contributed by atoms with Crippen LogP contribution in [0.2, 0.25) is 5.15 Å². The van der Waals surface area contributed by atoms with Crippen molar-refractivity contribution in [3.05, 3.63) is 47.2 Å². The van der Waals surface area contributed by atoms with Gasteiger partial charge in [0.1, 0.15) is 29.8 Å². The van der Waals surface area contributed by atoms with Gasteiger partial charge in [-0.1, -0.05) is 17.7 Å². The van der Waals surface area contributed by atoms with Crippen molar-refractivity contribution in [2.45, 2.75) is 38.8 Å². The van der Waals surface area contributed by atoms with E-state index in [1.807, 2.05) is 0 Å². The minimum atomic E-state index is -0.391. The Hall–Kier alpha value is -3.83. The van der Waals surface area contributed by atoms with Crippen molar-refractivity contribution in [2.24, 2.45) is 5.73 Å². The summed E-state index contributed by atoms with van der Waals surface area (Å²) < 4.78 is 1.45. The molecule has 0 saturated heterocycles. The maximum absolute atomic E-state index is 13.2. The quantitative estimate of drug-likeness (QED) is 0.278. The molecule has 0 radical (unpaired) electrons. The fraction of sp³-hybridized carbons (Fsp3) is 0.333. The van der Waals surface area contributed by atoms with Crippen LogP contribution < -0.4 is 16.4 Å². The van der Waals surface area contributed by atoms with E-state index in [1.165, 1.54) is 16.5 Å². The molecule has 0 bridgehead atoms. The zero-order valence-corrected chi connectivity index (χ0v) is 20.4. The lowest BCUT2D eigenvalue weighted by molar-refractivity contribution is -0.135. The van der Waals surface area contributed by atoms with Crippen LogP contribution in [-0.2, 0) is 20.9 Å². The zero-order valence-electron chi connectivity index (χ0n) is 19.7. The van der Waals surface area contributed by atoms with Gasteiger partial charge in [0.05, 0.1) is 5.52 Å². The van der Waals surface area contributed by atoms with Crippen molar-refractivity contribution in [2.75, 3.05) is 23.7 Å². The van der Waals surface area contributed by atoms with Gasteiger partial charge in [0, 0.05) is 37.0 Å². The normalized spacial score (nSPS) is 12.9. The van der Waals surface area contributed by atoms with Gasteiger partial charge in [0.2, 0.25) is 17.7 Å². The summed E-state index contributed by atoms with van der Waals surface area (Å²) in [5.41, 5.74) is 6.68. The number of amides is 3. The molecule has 0 aliphatic heterocycles. The number of ketones is 1. The zero-order chi connectivity index (χ0) is 25.8.